The fourth-order valence-electron chi connectivity index (χ4n) is 4.69. The Balaban J connectivity index is 1.53. The lowest BCUT2D eigenvalue weighted by molar-refractivity contribution is -0.0980. The molecule has 152 valence electrons. The van der Waals surface area contributed by atoms with Crippen LogP contribution in [0.5, 0.6) is 0 Å². The summed E-state index contributed by atoms with van der Waals surface area (Å²) in [6.45, 7) is 5.06. The maximum Gasteiger partial charge on any atom is 0.0874 e. The van der Waals surface area contributed by atoms with Crippen molar-refractivity contribution in [3.8, 4) is 0 Å². The molecular formula is C23H30Cl2N2O. The number of aliphatic hydroxyl groups is 1. The minimum Gasteiger partial charge on any atom is -0.389 e. The Hall–Kier alpha value is -0.840. The zero-order valence-electron chi connectivity index (χ0n) is 16.5. The van der Waals surface area contributed by atoms with Crippen LogP contribution >= 0.6 is 23.2 Å². The molecule has 0 radical (unpaired) electrons. The van der Waals surface area contributed by atoms with Crippen LogP contribution in [0.3, 0.4) is 0 Å². The van der Waals surface area contributed by atoms with E-state index in [4.69, 9.17) is 23.2 Å². The minimum absolute atomic E-state index is 0.00775. The van der Waals surface area contributed by atoms with E-state index in [2.05, 4.69) is 47.2 Å². The van der Waals surface area contributed by atoms with Gasteiger partial charge in [0.2, 0.25) is 0 Å². The summed E-state index contributed by atoms with van der Waals surface area (Å²) in [6, 6.07) is 7.97. The number of piperazine rings is 1. The molecule has 2 aliphatic carbocycles. The van der Waals surface area contributed by atoms with Gasteiger partial charge in [-0.3, -0.25) is 0 Å². The van der Waals surface area contributed by atoms with E-state index in [0.717, 1.165) is 62.6 Å². The van der Waals surface area contributed by atoms with Gasteiger partial charge in [-0.2, -0.15) is 0 Å². The SMILES string of the molecule is CN1CCN(CC(C2(Cl)C=CC(c3cccc(Cl)c3)C=C2)C2(O)CCC2)CC1. The minimum atomic E-state index is -0.664. The molecule has 0 bridgehead atoms. The summed E-state index contributed by atoms with van der Waals surface area (Å²) in [5, 5.41) is 12.0. The number of rotatable bonds is 5. The van der Waals surface area contributed by atoms with Gasteiger partial charge in [0.25, 0.3) is 0 Å². The zero-order valence-corrected chi connectivity index (χ0v) is 18.0. The second kappa shape index (κ2) is 8.12. The van der Waals surface area contributed by atoms with Crippen LogP contribution in [0, 0.1) is 5.92 Å². The molecule has 4 rings (SSSR count). The van der Waals surface area contributed by atoms with E-state index < -0.39 is 10.5 Å². The van der Waals surface area contributed by atoms with E-state index in [0.29, 0.717) is 0 Å². The maximum absolute atomic E-state index is 11.3. The van der Waals surface area contributed by atoms with Crippen molar-refractivity contribution >= 4 is 23.2 Å². The smallest absolute Gasteiger partial charge is 0.0874 e. The van der Waals surface area contributed by atoms with Crippen molar-refractivity contribution in [3.05, 3.63) is 59.2 Å². The first kappa shape index (κ1) is 20.4. The largest absolute Gasteiger partial charge is 0.389 e. The number of allylic oxidation sites excluding steroid dienone is 4. The summed E-state index contributed by atoms with van der Waals surface area (Å²) in [6.07, 6.45) is 11.3. The Morgan fingerprint density at radius 1 is 1.14 bits per heavy atom. The predicted molar refractivity (Wildman–Crippen MR) is 117 cm³/mol. The van der Waals surface area contributed by atoms with Gasteiger partial charge < -0.3 is 14.9 Å². The van der Waals surface area contributed by atoms with E-state index in [1.807, 2.05) is 18.2 Å². The molecule has 1 atom stereocenters. The van der Waals surface area contributed by atoms with Crippen LogP contribution in [-0.2, 0) is 0 Å². The Bertz CT molecular complexity index is 737. The molecule has 3 aliphatic rings. The molecule has 1 aromatic carbocycles. The molecule has 2 fully saturated rings. The summed E-state index contributed by atoms with van der Waals surface area (Å²) in [4.78, 5) is 4.18. The quantitative estimate of drug-likeness (QED) is 0.567. The van der Waals surface area contributed by atoms with Crippen molar-refractivity contribution in [2.45, 2.75) is 35.7 Å². The number of hydrogen-bond acceptors (Lipinski definition) is 3. The van der Waals surface area contributed by atoms with Crippen LogP contribution in [0.4, 0.5) is 0 Å². The highest BCUT2D eigenvalue weighted by Gasteiger charge is 2.51. The molecule has 1 unspecified atom stereocenters. The van der Waals surface area contributed by atoms with Crippen LogP contribution in [0.15, 0.2) is 48.6 Å². The zero-order chi connectivity index (χ0) is 19.8. The molecule has 0 spiro atoms. The van der Waals surface area contributed by atoms with E-state index in [1.54, 1.807) is 0 Å². The van der Waals surface area contributed by atoms with E-state index in [-0.39, 0.29) is 11.8 Å². The summed E-state index contributed by atoms with van der Waals surface area (Å²) >= 11 is 13.3. The normalized spacial score (nSPS) is 31.5. The molecule has 3 nitrogen and oxygen atoms in total. The summed E-state index contributed by atoms with van der Waals surface area (Å²) in [5.41, 5.74) is 0.500. The van der Waals surface area contributed by atoms with Crippen molar-refractivity contribution in [3.63, 3.8) is 0 Å². The standard InChI is InChI=1S/C23H30Cl2N2O/c1-26-12-14-27(15-13-26)17-21(23(28)8-3-9-23)22(25)10-6-18(7-11-22)19-4-2-5-20(24)16-19/h2,4-7,10-11,16,18,21,28H,3,8-9,12-15,17H2,1H3. The van der Waals surface area contributed by atoms with Gasteiger partial charge in [-0.05, 0) is 44.0 Å². The molecule has 0 amide bonds. The average molecular weight is 421 g/mol. The number of nitrogens with zero attached hydrogens (tertiary/aromatic N) is 2. The van der Waals surface area contributed by atoms with Crippen molar-refractivity contribution in [1.82, 2.24) is 9.80 Å². The first-order valence-corrected chi connectivity index (χ1v) is 11.1. The molecule has 5 heteroatoms. The highest BCUT2D eigenvalue weighted by molar-refractivity contribution is 6.30. The van der Waals surface area contributed by atoms with Crippen LogP contribution in [0.1, 0.15) is 30.7 Å². The number of halogens is 2. The number of benzene rings is 1. The van der Waals surface area contributed by atoms with Gasteiger partial charge in [0.15, 0.2) is 0 Å². The summed E-state index contributed by atoms with van der Waals surface area (Å²) < 4.78 is 0. The van der Waals surface area contributed by atoms with Crippen LogP contribution in [-0.4, -0.2) is 65.2 Å². The maximum atomic E-state index is 11.3. The highest BCUT2D eigenvalue weighted by atomic mass is 35.5. The van der Waals surface area contributed by atoms with E-state index in [9.17, 15) is 5.11 Å². The fraction of sp³-hybridized carbons (Fsp3) is 0.565. The molecule has 1 aliphatic heterocycles. The third kappa shape index (κ3) is 4.20. The van der Waals surface area contributed by atoms with Crippen molar-refractivity contribution in [1.29, 1.82) is 0 Å². The number of alkyl halides is 1. The lowest BCUT2D eigenvalue weighted by Gasteiger charge is -2.51. The molecular weight excluding hydrogens is 391 g/mol. The second-order valence-electron chi connectivity index (χ2n) is 8.74. The van der Waals surface area contributed by atoms with Gasteiger partial charge in [-0.15, -0.1) is 11.6 Å². The Kier molecular flexibility index (Phi) is 5.93. The van der Waals surface area contributed by atoms with E-state index >= 15 is 0 Å². The van der Waals surface area contributed by atoms with E-state index in [1.165, 1.54) is 0 Å². The number of likely N-dealkylation sites (N-methyl/N-ethyl adjacent to an activating group) is 1. The van der Waals surface area contributed by atoms with Crippen LogP contribution in [0.25, 0.3) is 0 Å². The van der Waals surface area contributed by atoms with Crippen molar-refractivity contribution in [2.75, 3.05) is 39.8 Å². The Morgan fingerprint density at radius 3 is 2.39 bits per heavy atom. The highest BCUT2D eigenvalue weighted by Crippen LogP contribution is 2.48. The first-order chi connectivity index (χ1) is 13.4. The third-order valence-electron chi connectivity index (χ3n) is 6.79. The second-order valence-corrected chi connectivity index (χ2v) is 9.83. The lowest BCUT2D eigenvalue weighted by Crippen LogP contribution is -2.58. The first-order valence-electron chi connectivity index (χ1n) is 10.3. The topological polar surface area (TPSA) is 26.7 Å². The Labute approximate surface area is 178 Å². The lowest BCUT2D eigenvalue weighted by atomic mass is 9.65. The monoisotopic (exact) mass is 420 g/mol. The van der Waals surface area contributed by atoms with Gasteiger partial charge in [-0.1, -0.05) is 48.0 Å². The summed E-state index contributed by atoms with van der Waals surface area (Å²) in [7, 11) is 2.17. The molecule has 1 heterocycles. The fourth-order valence-corrected chi connectivity index (χ4v) is 5.30. The molecule has 1 saturated carbocycles. The average Bonchev–Trinajstić information content (AvgIpc) is 2.66. The van der Waals surface area contributed by atoms with Gasteiger partial charge in [0, 0.05) is 49.6 Å². The molecule has 1 aromatic rings. The molecule has 1 saturated heterocycles. The molecule has 28 heavy (non-hydrogen) atoms. The van der Waals surface area contributed by atoms with Crippen LogP contribution < -0.4 is 0 Å². The number of hydrogen-bond donors (Lipinski definition) is 1. The van der Waals surface area contributed by atoms with Gasteiger partial charge in [0.1, 0.15) is 0 Å². The predicted octanol–water partition coefficient (Wildman–Crippen LogP) is 4.31. The molecule has 1 N–H and O–H groups in total. The molecule has 0 aromatic heterocycles. The van der Waals surface area contributed by atoms with Gasteiger partial charge in [0.05, 0.1) is 10.5 Å². The van der Waals surface area contributed by atoms with Crippen molar-refractivity contribution in [2.24, 2.45) is 5.92 Å². The van der Waals surface area contributed by atoms with Gasteiger partial charge in [-0.25, -0.2) is 0 Å². The Morgan fingerprint density at radius 2 is 1.82 bits per heavy atom. The third-order valence-corrected chi connectivity index (χ3v) is 7.54. The van der Waals surface area contributed by atoms with Crippen molar-refractivity contribution < 1.29 is 5.11 Å². The van der Waals surface area contributed by atoms with Crippen LogP contribution in [0.2, 0.25) is 5.02 Å². The van der Waals surface area contributed by atoms with Gasteiger partial charge >= 0.3 is 0 Å². The summed E-state index contributed by atoms with van der Waals surface area (Å²) in [5.74, 6) is 0.164.